The minimum atomic E-state index is -0.0822. The van der Waals surface area contributed by atoms with Crippen molar-refractivity contribution in [2.75, 3.05) is 5.32 Å². The molecule has 0 saturated heterocycles. The van der Waals surface area contributed by atoms with Crippen molar-refractivity contribution in [1.29, 1.82) is 0 Å². The molecule has 1 aliphatic carbocycles. The van der Waals surface area contributed by atoms with Crippen molar-refractivity contribution in [3.63, 3.8) is 0 Å². The molecular weight excluding hydrogens is 200 g/mol. The van der Waals surface area contributed by atoms with Gasteiger partial charge < -0.3 is 10.6 Å². The summed E-state index contributed by atoms with van der Waals surface area (Å²) in [5, 5.41) is 5.89. The fourth-order valence-electron chi connectivity index (χ4n) is 2.13. The Morgan fingerprint density at radius 1 is 1.25 bits per heavy atom. The van der Waals surface area contributed by atoms with Crippen LogP contribution in [0.4, 0.5) is 10.5 Å². The molecule has 0 radical (unpaired) electrons. The maximum atomic E-state index is 11.7. The van der Waals surface area contributed by atoms with Crippen molar-refractivity contribution < 1.29 is 4.79 Å². The number of para-hydroxylation sites is 1. The molecule has 1 aromatic carbocycles. The molecule has 0 spiro atoms. The molecule has 0 unspecified atom stereocenters. The number of anilines is 1. The summed E-state index contributed by atoms with van der Waals surface area (Å²) in [7, 11) is 0. The van der Waals surface area contributed by atoms with Crippen molar-refractivity contribution in [2.24, 2.45) is 0 Å². The predicted octanol–water partition coefficient (Wildman–Crippen LogP) is 3.06. The summed E-state index contributed by atoms with van der Waals surface area (Å²) in [4.78, 5) is 11.7. The fourth-order valence-corrected chi connectivity index (χ4v) is 2.13. The number of nitrogens with one attached hydrogen (secondary N) is 2. The van der Waals surface area contributed by atoms with Crippen LogP contribution in [0.5, 0.6) is 0 Å². The van der Waals surface area contributed by atoms with Crippen LogP contribution in [0.1, 0.15) is 31.2 Å². The molecule has 16 heavy (non-hydrogen) atoms. The average molecular weight is 218 g/mol. The van der Waals surface area contributed by atoms with Gasteiger partial charge >= 0.3 is 6.03 Å². The van der Waals surface area contributed by atoms with Crippen LogP contribution in [0, 0.1) is 6.92 Å². The van der Waals surface area contributed by atoms with E-state index in [0.29, 0.717) is 6.04 Å². The molecule has 0 atom stereocenters. The van der Waals surface area contributed by atoms with E-state index in [9.17, 15) is 4.79 Å². The lowest BCUT2D eigenvalue weighted by Gasteiger charge is -2.13. The van der Waals surface area contributed by atoms with Gasteiger partial charge in [0.25, 0.3) is 0 Å². The molecule has 1 aromatic rings. The number of hydrogen-bond donors (Lipinski definition) is 2. The first kappa shape index (κ1) is 11.0. The third-order valence-corrected chi connectivity index (χ3v) is 3.08. The maximum Gasteiger partial charge on any atom is 0.319 e. The maximum absolute atomic E-state index is 11.7. The number of benzene rings is 1. The standard InChI is InChI=1S/C13H18N2O/c1-10-6-2-5-9-12(10)15-13(16)14-11-7-3-4-8-11/h2,5-6,9,11H,3-4,7-8H2,1H3,(H2,14,15,16). The molecule has 3 heteroatoms. The molecule has 1 saturated carbocycles. The lowest BCUT2D eigenvalue weighted by molar-refractivity contribution is 0.248. The number of aryl methyl sites for hydroxylation is 1. The van der Waals surface area contributed by atoms with Crippen LogP contribution >= 0.6 is 0 Å². The zero-order valence-corrected chi connectivity index (χ0v) is 9.62. The Morgan fingerprint density at radius 3 is 2.62 bits per heavy atom. The molecule has 0 heterocycles. The van der Waals surface area contributed by atoms with E-state index >= 15 is 0 Å². The largest absolute Gasteiger partial charge is 0.335 e. The number of carbonyl (C=O) groups excluding carboxylic acids is 1. The minimum absolute atomic E-state index is 0.0822. The first-order valence-corrected chi connectivity index (χ1v) is 5.89. The van der Waals surface area contributed by atoms with E-state index in [0.717, 1.165) is 24.1 Å². The number of hydrogen-bond acceptors (Lipinski definition) is 1. The van der Waals surface area contributed by atoms with Crippen LogP contribution in [0.3, 0.4) is 0 Å². The molecule has 1 aliphatic rings. The Hall–Kier alpha value is -1.51. The van der Waals surface area contributed by atoms with Gasteiger partial charge in [0.05, 0.1) is 0 Å². The highest BCUT2D eigenvalue weighted by Crippen LogP contribution is 2.18. The van der Waals surface area contributed by atoms with Gasteiger partial charge in [-0.3, -0.25) is 0 Å². The molecule has 0 aliphatic heterocycles. The smallest absolute Gasteiger partial charge is 0.319 e. The van der Waals surface area contributed by atoms with Gasteiger partial charge in [-0.15, -0.1) is 0 Å². The average Bonchev–Trinajstić information content (AvgIpc) is 2.74. The Morgan fingerprint density at radius 2 is 1.94 bits per heavy atom. The van der Waals surface area contributed by atoms with Gasteiger partial charge in [0.1, 0.15) is 0 Å². The summed E-state index contributed by atoms with van der Waals surface area (Å²) >= 11 is 0. The molecule has 2 rings (SSSR count). The van der Waals surface area contributed by atoms with Gasteiger partial charge in [-0.2, -0.15) is 0 Å². The first-order valence-electron chi connectivity index (χ1n) is 5.89. The van der Waals surface area contributed by atoms with E-state index in [4.69, 9.17) is 0 Å². The number of urea groups is 1. The molecule has 3 nitrogen and oxygen atoms in total. The Balaban J connectivity index is 1.89. The molecule has 86 valence electrons. The van der Waals surface area contributed by atoms with Crippen LogP contribution in [0.2, 0.25) is 0 Å². The third-order valence-electron chi connectivity index (χ3n) is 3.08. The number of rotatable bonds is 2. The molecule has 1 fully saturated rings. The molecular formula is C13H18N2O. The second-order valence-corrected chi connectivity index (χ2v) is 4.39. The Bertz CT molecular complexity index is 370. The monoisotopic (exact) mass is 218 g/mol. The molecule has 2 N–H and O–H groups in total. The highest BCUT2D eigenvalue weighted by molar-refractivity contribution is 5.90. The van der Waals surface area contributed by atoms with E-state index in [1.807, 2.05) is 31.2 Å². The Kier molecular flexibility index (Phi) is 3.44. The summed E-state index contributed by atoms with van der Waals surface area (Å²) in [6, 6.07) is 8.09. The van der Waals surface area contributed by atoms with Crippen LogP contribution < -0.4 is 10.6 Å². The van der Waals surface area contributed by atoms with Crippen LogP contribution in [0.15, 0.2) is 24.3 Å². The zero-order valence-electron chi connectivity index (χ0n) is 9.62. The van der Waals surface area contributed by atoms with E-state index in [-0.39, 0.29) is 6.03 Å². The normalized spacial score (nSPS) is 16.1. The van der Waals surface area contributed by atoms with Gasteiger partial charge in [0, 0.05) is 11.7 Å². The van der Waals surface area contributed by atoms with E-state index in [1.54, 1.807) is 0 Å². The highest BCUT2D eigenvalue weighted by Gasteiger charge is 2.16. The SMILES string of the molecule is Cc1ccccc1NC(=O)NC1CCCC1. The van der Waals surface area contributed by atoms with Crippen LogP contribution in [-0.2, 0) is 0 Å². The van der Waals surface area contributed by atoms with Crippen molar-refractivity contribution in [2.45, 2.75) is 38.6 Å². The lowest BCUT2D eigenvalue weighted by atomic mass is 10.2. The van der Waals surface area contributed by atoms with E-state index < -0.39 is 0 Å². The molecule has 0 aromatic heterocycles. The second kappa shape index (κ2) is 5.01. The van der Waals surface area contributed by atoms with Crippen molar-refractivity contribution in [3.05, 3.63) is 29.8 Å². The summed E-state index contributed by atoms with van der Waals surface area (Å²) in [6.45, 7) is 1.99. The molecule has 0 bridgehead atoms. The van der Waals surface area contributed by atoms with Crippen molar-refractivity contribution in [3.8, 4) is 0 Å². The third kappa shape index (κ3) is 2.75. The number of amides is 2. The quantitative estimate of drug-likeness (QED) is 0.787. The van der Waals surface area contributed by atoms with Gasteiger partial charge in [0.2, 0.25) is 0 Å². The van der Waals surface area contributed by atoms with Gasteiger partial charge in [-0.25, -0.2) is 4.79 Å². The lowest BCUT2D eigenvalue weighted by Crippen LogP contribution is -2.36. The highest BCUT2D eigenvalue weighted by atomic mass is 16.2. The van der Waals surface area contributed by atoms with Crippen molar-refractivity contribution >= 4 is 11.7 Å². The molecule has 2 amide bonds. The van der Waals surface area contributed by atoms with E-state index in [1.165, 1.54) is 12.8 Å². The Labute approximate surface area is 96.2 Å². The second-order valence-electron chi connectivity index (χ2n) is 4.39. The van der Waals surface area contributed by atoms with E-state index in [2.05, 4.69) is 10.6 Å². The first-order chi connectivity index (χ1) is 7.75. The summed E-state index contributed by atoms with van der Waals surface area (Å²) < 4.78 is 0. The van der Waals surface area contributed by atoms with Crippen LogP contribution in [0.25, 0.3) is 0 Å². The minimum Gasteiger partial charge on any atom is -0.335 e. The summed E-state index contributed by atoms with van der Waals surface area (Å²) in [5.41, 5.74) is 1.97. The zero-order chi connectivity index (χ0) is 11.4. The summed E-state index contributed by atoms with van der Waals surface area (Å²) in [5.74, 6) is 0. The van der Waals surface area contributed by atoms with Gasteiger partial charge in [0.15, 0.2) is 0 Å². The predicted molar refractivity (Wildman–Crippen MR) is 65.6 cm³/mol. The summed E-state index contributed by atoms with van der Waals surface area (Å²) in [6.07, 6.45) is 4.69. The van der Waals surface area contributed by atoms with Crippen molar-refractivity contribution in [1.82, 2.24) is 5.32 Å². The fraction of sp³-hybridized carbons (Fsp3) is 0.462. The topological polar surface area (TPSA) is 41.1 Å². The van der Waals surface area contributed by atoms with Crippen LogP contribution in [-0.4, -0.2) is 12.1 Å². The van der Waals surface area contributed by atoms with Gasteiger partial charge in [-0.05, 0) is 31.4 Å². The number of carbonyl (C=O) groups is 1. The van der Waals surface area contributed by atoms with Gasteiger partial charge in [-0.1, -0.05) is 31.0 Å².